The zero-order valence-electron chi connectivity index (χ0n) is 15.9. The molecule has 0 fully saturated rings. The molecule has 0 amide bonds. The first-order chi connectivity index (χ1) is 12.6. The first-order valence-electron chi connectivity index (χ1n) is 8.69. The van der Waals surface area contributed by atoms with E-state index >= 15 is 0 Å². The lowest BCUT2D eigenvalue weighted by atomic mass is 10.1. The van der Waals surface area contributed by atoms with Crippen LogP contribution in [0.5, 0.6) is 0 Å². The van der Waals surface area contributed by atoms with E-state index in [1.807, 2.05) is 12.1 Å². The third-order valence-electron chi connectivity index (χ3n) is 3.56. The van der Waals surface area contributed by atoms with Crippen LogP contribution in [0.2, 0.25) is 5.02 Å². The number of aromatic nitrogens is 2. The van der Waals surface area contributed by atoms with E-state index in [1.54, 1.807) is 19.2 Å². The molecule has 2 rings (SSSR count). The Labute approximate surface area is 182 Å². The molecular formula is C18H27ClIN5O2. The Morgan fingerprint density at radius 2 is 2.11 bits per heavy atom. The van der Waals surface area contributed by atoms with Crippen LogP contribution in [0.3, 0.4) is 0 Å². The highest BCUT2D eigenvalue weighted by Crippen LogP contribution is 2.19. The Balaban J connectivity index is 0.00000364. The molecule has 0 radical (unpaired) electrons. The van der Waals surface area contributed by atoms with E-state index in [4.69, 9.17) is 20.9 Å². The van der Waals surface area contributed by atoms with Crippen LogP contribution in [0, 0.1) is 5.92 Å². The average molecular weight is 508 g/mol. The van der Waals surface area contributed by atoms with Gasteiger partial charge in [-0.25, -0.2) is 0 Å². The SMILES string of the molecule is CN=C(NCCOCCC(C)C)NCc1nc(-c2cccc(Cl)c2)no1.I. The van der Waals surface area contributed by atoms with Crippen molar-refractivity contribution in [2.75, 3.05) is 26.8 Å². The summed E-state index contributed by atoms with van der Waals surface area (Å²) in [7, 11) is 1.71. The van der Waals surface area contributed by atoms with E-state index < -0.39 is 0 Å². The Bertz CT molecular complexity index is 709. The Hall–Kier alpha value is -1.39. The van der Waals surface area contributed by atoms with E-state index in [2.05, 4.69) is 39.6 Å². The fraction of sp³-hybridized carbons (Fsp3) is 0.500. The van der Waals surface area contributed by atoms with Gasteiger partial charge in [0.25, 0.3) is 0 Å². The Morgan fingerprint density at radius 3 is 2.81 bits per heavy atom. The minimum Gasteiger partial charge on any atom is -0.380 e. The van der Waals surface area contributed by atoms with Crippen LogP contribution in [-0.2, 0) is 11.3 Å². The number of aliphatic imine (C=N–C) groups is 1. The molecule has 0 unspecified atom stereocenters. The predicted molar refractivity (Wildman–Crippen MR) is 119 cm³/mol. The summed E-state index contributed by atoms with van der Waals surface area (Å²) in [6.45, 7) is 6.83. The third kappa shape index (κ3) is 8.89. The van der Waals surface area contributed by atoms with Gasteiger partial charge in [0.2, 0.25) is 11.7 Å². The maximum absolute atomic E-state index is 5.99. The van der Waals surface area contributed by atoms with Crippen molar-refractivity contribution in [3.8, 4) is 11.4 Å². The molecule has 0 aliphatic carbocycles. The topological polar surface area (TPSA) is 84.6 Å². The highest BCUT2D eigenvalue weighted by atomic mass is 127. The summed E-state index contributed by atoms with van der Waals surface area (Å²) in [5, 5.41) is 10.9. The lowest BCUT2D eigenvalue weighted by molar-refractivity contribution is 0.128. The normalized spacial score (nSPS) is 11.4. The summed E-state index contributed by atoms with van der Waals surface area (Å²) in [6, 6.07) is 7.33. The number of hydrogen-bond acceptors (Lipinski definition) is 5. The van der Waals surface area contributed by atoms with Crippen molar-refractivity contribution < 1.29 is 9.26 Å². The summed E-state index contributed by atoms with van der Waals surface area (Å²) in [5.74, 6) is 2.28. The summed E-state index contributed by atoms with van der Waals surface area (Å²) < 4.78 is 10.8. The number of nitrogens with one attached hydrogen (secondary N) is 2. The fourth-order valence-corrected chi connectivity index (χ4v) is 2.30. The second kappa shape index (κ2) is 12.9. The smallest absolute Gasteiger partial charge is 0.246 e. The largest absolute Gasteiger partial charge is 0.380 e. The fourth-order valence-electron chi connectivity index (χ4n) is 2.11. The molecule has 27 heavy (non-hydrogen) atoms. The van der Waals surface area contributed by atoms with Gasteiger partial charge in [-0.2, -0.15) is 4.98 Å². The first kappa shape index (κ1) is 23.6. The molecule has 0 saturated carbocycles. The zero-order valence-corrected chi connectivity index (χ0v) is 19.0. The van der Waals surface area contributed by atoms with Gasteiger partial charge >= 0.3 is 0 Å². The molecule has 0 saturated heterocycles. The van der Waals surface area contributed by atoms with Gasteiger partial charge in [-0.05, 0) is 24.5 Å². The van der Waals surface area contributed by atoms with Crippen molar-refractivity contribution in [1.82, 2.24) is 20.8 Å². The van der Waals surface area contributed by atoms with Crippen molar-refractivity contribution >= 4 is 41.5 Å². The van der Waals surface area contributed by atoms with E-state index in [0.717, 1.165) is 18.6 Å². The molecule has 1 aromatic heterocycles. The highest BCUT2D eigenvalue weighted by Gasteiger charge is 2.09. The molecule has 1 heterocycles. The van der Waals surface area contributed by atoms with Crippen molar-refractivity contribution in [3.63, 3.8) is 0 Å². The lowest BCUT2D eigenvalue weighted by Gasteiger charge is -2.11. The summed E-state index contributed by atoms with van der Waals surface area (Å²) in [6.07, 6.45) is 1.07. The minimum absolute atomic E-state index is 0. The molecule has 0 aliphatic heterocycles. The molecule has 0 spiro atoms. The van der Waals surface area contributed by atoms with Crippen molar-refractivity contribution in [2.24, 2.45) is 10.9 Å². The Kier molecular flexibility index (Phi) is 11.3. The Morgan fingerprint density at radius 1 is 1.30 bits per heavy atom. The molecule has 2 aromatic rings. The predicted octanol–water partition coefficient (Wildman–Crippen LogP) is 3.74. The van der Waals surface area contributed by atoms with Crippen LogP contribution in [0.25, 0.3) is 11.4 Å². The van der Waals surface area contributed by atoms with Crippen LogP contribution in [0.4, 0.5) is 0 Å². The monoisotopic (exact) mass is 507 g/mol. The van der Waals surface area contributed by atoms with Crippen LogP contribution >= 0.6 is 35.6 Å². The molecule has 0 atom stereocenters. The molecular weight excluding hydrogens is 481 g/mol. The maximum Gasteiger partial charge on any atom is 0.246 e. The number of halogens is 2. The van der Waals surface area contributed by atoms with Gasteiger partial charge in [0.15, 0.2) is 5.96 Å². The second-order valence-corrected chi connectivity index (χ2v) is 6.61. The maximum atomic E-state index is 5.99. The van der Waals surface area contributed by atoms with Crippen molar-refractivity contribution in [2.45, 2.75) is 26.8 Å². The van der Waals surface area contributed by atoms with Gasteiger partial charge in [-0.3, -0.25) is 4.99 Å². The molecule has 0 aliphatic rings. The number of rotatable bonds is 9. The minimum atomic E-state index is 0. The molecule has 0 bridgehead atoms. The van der Waals surface area contributed by atoms with Gasteiger partial charge in [-0.15, -0.1) is 24.0 Å². The van der Waals surface area contributed by atoms with Crippen LogP contribution in [0.1, 0.15) is 26.2 Å². The number of hydrogen-bond donors (Lipinski definition) is 2. The first-order valence-corrected chi connectivity index (χ1v) is 9.07. The molecule has 9 heteroatoms. The van der Waals surface area contributed by atoms with Crippen LogP contribution in [0.15, 0.2) is 33.8 Å². The molecule has 1 aromatic carbocycles. The van der Waals surface area contributed by atoms with Crippen molar-refractivity contribution in [3.05, 3.63) is 35.2 Å². The number of benzene rings is 1. The molecule has 2 N–H and O–H groups in total. The standard InChI is InChI=1S/C18H26ClN5O2.HI/c1-13(2)7-9-25-10-8-21-18(20-3)22-12-16-23-17(24-26-16)14-5-4-6-15(19)11-14;/h4-6,11,13H,7-10,12H2,1-3H3,(H2,20,21,22);1H. The summed E-state index contributed by atoms with van der Waals surface area (Å²) in [4.78, 5) is 8.52. The number of ether oxygens (including phenoxy) is 1. The summed E-state index contributed by atoms with van der Waals surface area (Å²) >= 11 is 5.99. The van der Waals surface area contributed by atoms with E-state index in [9.17, 15) is 0 Å². The van der Waals surface area contributed by atoms with Crippen LogP contribution < -0.4 is 10.6 Å². The molecule has 150 valence electrons. The van der Waals surface area contributed by atoms with Gasteiger partial charge in [0, 0.05) is 30.8 Å². The van der Waals surface area contributed by atoms with Gasteiger partial charge in [0.1, 0.15) is 0 Å². The van der Waals surface area contributed by atoms with Crippen molar-refractivity contribution in [1.29, 1.82) is 0 Å². The number of nitrogens with zero attached hydrogens (tertiary/aromatic N) is 3. The third-order valence-corrected chi connectivity index (χ3v) is 3.80. The molecule has 7 nitrogen and oxygen atoms in total. The summed E-state index contributed by atoms with van der Waals surface area (Å²) in [5.41, 5.74) is 0.813. The number of guanidine groups is 1. The highest BCUT2D eigenvalue weighted by molar-refractivity contribution is 14.0. The average Bonchev–Trinajstić information content (AvgIpc) is 3.09. The quantitative estimate of drug-likeness (QED) is 0.233. The van der Waals surface area contributed by atoms with Gasteiger partial charge in [0.05, 0.1) is 13.2 Å². The van der Waals surface area contributed by atoms with Gasteiger partial charge < -0.3 is 19.9 Å². The zero-order chi connectivity index (χ0) is 18.8. The van der Waals surface area contributed by atoms with E-state index in [-0.39, 0.29) is 24.0 Å². The van der Waals surface area contributed by atoms with E-state index in [1.165, 1.54) is 0 Å². The van der Waals surface area contributed by atoms with Crippen LogP contribution in [-0.4, -0.2) is 42.9 Å². The van der Waals surface area contributed by atoms with Gasteiger partial charge in [-0.1, -0.05) is 42.7 Å². The second-order valence-electron chi connectivity index (χ2n) is 6.17. The lowest BCUT2D eigenvalue weighted by Crippen LogP contribution is -2.38. The van der Waals surface area contributed by atoms with E-state index in [0.29, 0.717) is 48.3 Å².